The molecule has 0 spiro atoms. The highest BCUT2D eigenvalue weighted by atomic mass is 16.1. The van der Waals surface area contributed by atoms with Crippen LogP contribution in [0.5, 0.6) is 0 Å². The zero-order valence-electron chi connectivity index (χ0n) is 19.3. The third kappa shape index (κ3) is 3.82. The lowest BCUT2D eigenvalue weighted by atomic mass is 9.93. The first-order valence-corrected chi connectivity index (χ1v) is 12.0. The second kappa shape index (κ2) is 8.58. The molecule has 5 nitrogen and oxygen atoms in total. The van der Waals surface area contributed by atoms with E-state index >= 15 is 0 Å². The first-order chi connectivity index (χ1) is 16.7. The number of para-hydroxylation sites is 1. The van der Waals surface area contributed by atoms with Crippen LogP contribution >= 0.6 is 0 Å². The number of nitrogens with zero attached hydrogens (tertiary/aromatic N) is 2. The minimum absolute atomic E-state index is 0.0311. The lowest BCUT2D eigenvalue weighted by Gasteiger charge is -2.30. The number of aromatic nitrogens is 1. The van der Waals surface area contributed by atoms with Crippen molar-refractivity contribution in [3.05, 3.63) is 101 Å². The summed E-state index contributed by atoms with van der Waals surface area (Å²) in [5.74, 6) is 0.477. The number of hydrogen-bond donors (Lipinski definition) is 2. The normalized spacial score (nSPS) is 17.1. The van der Waals surface area contributed by atoms with E-state index in [0.29, 0.717) is 5.92 Å². The second-order valence-corrected chi connectivity index (χ2v) is 9.43. The highest BCUT2D eigenvalue weighted by Gasteiger charge is 2.23. The summed E-state index contributed by atoms with van der Waals surface area (Å²) in [6.07, 6.45) is 2.76. The first-order valence-electron chi connectivity index (χ1n) is 12.0. The Morgan fingerprint density at radius 2 is 2.03 bits per heavy atom. The molecule has 0 saturated heterocycles. The number of carbonyl (C=O) groups is 1. The van der Waals surface area contributed by atoms with Gasteiger partial charge in [-0.15, -0.1) is 0 Å². The summed E-state index contributed by atoms with van der Waals surface area (Å²) in [5, 5.41) is 7.76. The van der Waals surface area contributed by atoms with Crippen LogP contribution in [0.25, 0.3) is 10.9 Å². The van der Waals surface area contributed by atoms with Crippen molar-refractivity contribution < 1.29 is 4.79 Å². The van der Waals surface area contributed by atoms with Gasteiger partial charge in [0.25, 0.3) is 5.91 Å². The zero-order chi connectivity index (χ0) is 23.1. The maximum absolute atomic E-state index is 13.2. The lowest BCUT2D eigenvalue weighted by molar-refractivity contribution is 0.102. The van der Waals surface area contributed by atoms with Gasteiger partial charge >= 0.3 is 0 Å². The molecular weight excluding hydrogens is 420 g/mol. The number of carbonyl (C=O) groups excluding carboxylic acids is 1. The molecule has 4 aromatic rings. The van der Waals surface area contributed by atoms with E-state index in [9.17, 15) is 4.79 Å². The van der Waals surface area contributed by atoms with Crippen molar-refractivity contribution in [3.8, 4) is 0 Å². The van der Waals surface area contributed by atoms with Gasteiger partial charge in [-0.2, -0.15) is 0 Å². The SMILES string of the molecule is CC1CNc2cc(NC(=O)c3cccc4c3CCN(Cc3ccnc5ccccc35)C4)ccc21. The Morgan fingerprint density at radius 3 is 2.97 bits per heavy atom. The summed E-state index contributed by atoms with van der Waals surface area (Å²) in [6, 6.07) is 22.7. The summed E-state index contributed by atoms with van der Waals surface area (Å²) < 4.78 is 0. The fraction of sp³-hybridized carbons (Fsp3) is 0.241. The molecule has 2 aliphatic heterocycles. The summed E-state index contributed by atoms with van der Waals surface area (Å²) in [5.41, 5.74) is 8.80. The van der Waals surface area contributed by atoms with Crippen LogP contribution in [0, 0.1) is 0 Å². The Kier molecular flexibility index (Phi) is 5.27. The Morgan fingerprint density at radius 1 is 1.12 bits per heavy atom. The Hall–Kier alpha value is -3.70. The monoisotopic (exact) mass is 448 g/mol. The van der Waals surface area contributed by atoms with Crippen LogP contribution in [-0.4, -0.2) is 28.9 Å². The van der Waals surface area contributed by atoms with Crippen LogP contribution in [0.2, 0.25) is 0 Å². The molecule has 1 atom stereocenters. The van der Waals surface area contributed by atoms with Crippen LogP contribution in [0.3, 0.4) is 0 Å². The third-order valence-corrected chi connectivity index (χ3v) is 7.16. The van der Waals surface area contributed by atoms with Crippen LogP contribution in [0.1, 0.15) is 45.5 Å². The van der Waals surface area contributed by atoms with E-state index in [4.69, 9.17) is 0 Å². The Labute approximate surface area is 199 Å². The van der Waals surface area contributed by atoms with E-state index in [0.717, 1.165) is 55.1 Å². The van der Waals surface area contributed by atoms with Crippen molar-refractivity contribution in [1.82, 2.24) is 9.88 Å². The van der Waals surface area contributed by atoms with Gasteiger partial charge in [-0.3, -0.25) is 14.7 Å². The summed E-state index contributed by atoms with van der Waals surface area (Å²) in [6.45, 7) is 5.81. The third-order valence-electron chi connectivity index (χ3n) is 7.16. The Bertz CT molecular complexity index is 1390. The maximum atomic E-state index is 13.2. The van der Waals surface area contributed by atoms with Gasteiger partial charge in [0.05, 0.1) is 5.52 Å². The molecule has 5 heteroatoms. The van der Waals surface area contributed by atoms with Gasteiger partial charge in [0, 0.05) is 60.6 Å². The van der Waals surface area contributed by atoms with Crippen molar-refractivity contribution in [2.24, 2.45) is 0 Å². The van der Waals surface area contributed by atoms with E-state index in [1.165, 1.54) is 27.6 Å². The maximum Gasteiger partial charge on any atom is 0.255 e. The molecule has 3 aromatic carbocycles. The molecular formula is C29H28N4O. The number of pyridine rings is 1. The van der Waals surface area contributed by atoms with Gasteiger partial charge in [-0.05, 0) is 59.0 Å². The van der Waals surface area contributed by atoms with Crippen molar-refractivity contribution in [1.29, 1.82) is 0 Å². The molecule has 0 aliphatic carbocycles. The van der Waals surface area contributed by atoms with Gasteiger partial charge in [-0.1, -0.05) is 43.3 Å². The van der Waals surface area contributed by atoms with E-state index in [1.807, 2.05) is 36.5 Å². The van der Waals surface area contributed by atoms with Gasteiger partial charge in [0.1, 0.15) is 0 Å². The molecule has 6 rings (SSSR count). The average Bonchev–Trinajstić information content (AvgIpc) is 3.23. The molecule has 170 valence electrons. The number of fused-ring (bicyclic) bond motifs is 3. The molecule has 2 aliphatic rings. The van der Waals surface area contributed by atoms with Crippen LogP contribution in [0.4, 0.5) is 11.4 Å². The fourth-order valence-electron chi connectivity index (χ4n) is 5.34. The second-order valence-electron chi connectivity index (χ2n) is 9.43. The highest BCUT2D eigenvalue weighted by Crippen LogP contribution is 2.33. The van der Waals surface area contributed by atoms with E-state index in [1.54, 1.807) is 0 Å². The minimum atomic E-state index is -0.0311. The topological polar surface area (TPSA) is 57.3 Å². The lowest BCUT2D eigenvalue weighted by Crippen LogP contribution is -2.31. The quantitative estimate of drug-likeness (QED) is 0.428. The van der Waals surface area contributed by atoms with Gasteiger partial charge in [0.2, 0.25) is 0 Å². The van der Waals surface area contributed by atoms with Gasteiger partial charge < -0.3 is 10.6 Å². The van der Waals surface area contributed by atoms with Crippen LogP contribution in [0.15, 0.2) is 72.9 Å². The molecule has 0 bridgehead atoms. The van der Waals surface area contributed by atoms with Crippen molar-refractivity contribution >= 4 is 28.2 Å². The predicted molar refractivity (Wildman–Crippen MR) is 137 cm³/mol. The molecule has 1 unspecified atom stereocenters. The summed E-state index contributed by atoms with van der Waals surface area (Å²) >= 11 is 0. The van der Waals surface area contributed by atoms with Crippen molar-refractivity contribution in [3.63, 3.8) is 0 Å². The van der Waals surface area contributed by atoms with Crippen molar-refractivity contribution in [2.75, 3.05) is 23.7 Å². The predicted octanol–water partition coefficient (Wildman–Crippen LogP) is 5.57. The smallest absolute Gasteiger partial charge is 0.255 e. The number of anilines is 2. The summed E-state index contributed by atoms with van der Waals surface area (Å²) in [7, 11) is 0. The van der Waals surface area contributed by atoms with E-state index in [-0.39, 0.29) is 5.91 Å². The van der Waals surface area contributed by atoms with E-state index in [2.05, 4.69) is 63.8 Å². The summed E-state index contributed by atoms with van der Waals surface area (Å²) in [4.78, 5) is 20.2. The standard InChI is InChI=1S/C29H28N4O/c1-19-16-31-28-15-22(9-10-23(19)28)32-29(34)26-7-4-5-20-17-33(14-12-24(20)26)18-21-11-13-30-27-8-3-2-6-25(21)27/h2-11,13,15,19,31H,12,14,16-18H2,1H3,(H,32,34). The molecule has 1 aromatic heterocycles. The highest BCUT2D eigenvalue weighted by molar-refractivity contribution is 6.05. The molecule has 3 heterocycles. The molecule has 0 saturated carbocycles. The Balaban J connectivity index is 1.20. The molecule has 2 N–H and O–H groups in total. The fourth-order valence-corrected chi connectivity index (χ4v) is 5.34. The van der Waals surface area contributed by atoms with Crippen LogP contribution in [-0.2, 0) is 19.5 Å². The van der Waals surface area contributed by atoms with Gasteiger partial charge in [-0.25, -0.2) is 0 Å². The molecule has 0 radical (unpaired) electrons. The number of amides is 1. The molecule has 34 heavy (non-hydrogen) atoms. The number of hydrogen-bond acceptors (Lipinski definition) is 4. The number of nitrogens with one attached hydrogen (secondary N) is 2. The van der Waals surface area contributed by atoms with Gasteiger partial charge in [0.15, 0.2) is 0 Å². The number of rotatable bonds is 4. The number of benzene rings is 3. The van der Waals surface area contributed by atoms with Crippen molar-refractivity contribution in [2.45, 2.75) is 32.4 Å². The minimum Gasteiger partial charge on any atom is -0.384 e. The zero-order valence-corrected chi connectivity index (χ0v) is 19.3. The molecule has 1 amide bonds. The van der Waals surface area contributed by atoms with E-state index < -0.39 is 0 Å². The average molecular weight is 449 g/mol. The largest absolute Gasteiger partial charge is 0.384 e. The van der Waals surface area contributed by atoms with Crippen LogP contribution < -0.4 is 10.6 Å². The first kappa shape index (κ1) is 20.9. The molecule has 0 fully saturated rings.